The number of benzene rings is 1. The molecule has 0 unspecified atom stereocenters. The number of aliphatic hydroxyl groups excluding tert-OH is 1. The summed E-state index contributed by atoms with van der Waals surface area (Å²) in [4.78, 5) is 12.9. The number of nitro benzene ring substituents is 1. The van der Waals surface area contributed by atoms with Gasteiger partial charge in [0.2, 0.25) is 0 Å². The maximum absolute atomic E-state index is 11.2. The van der Waals surface area contributed by atoms with E-state index in [9.17, 15) is 15.2 Å². The molecule has 0 aromatic heterocycles. The number of nitro groups is 1. The predicted octanol–water partition coefficient (Wildman–Crippen LogP) is 3.49. The average molecular weight is 292 g/mol. The second-order valence-electron chi connectivity index (χ2n) is 6.74. The molecule has 0 spiro atoms. The smallest absolute Gasteiger partial charge is 0.292 e. The van der Waals surface area contributed by atoms with E-state index in [1.165, 1.54) is 6.07 Å². The zero-order valence-corrected chi connectivity index (χ0v) is 13.0. The molecule has 0 bridgehead atoms. The second kappa shape index (κ2) is 6.02. The van der Waals surface area contributed by atoms with Gasteiger partial charge in [-0.25, -0.2) is 0 Å². The zero-order valence-electron chi connectivity index (χ0n) is 13.0. The summed E-state index contributed by atoms with van der Waals surface area (Å²) in [5, 5.41) is 20.5. The fourth-order valence-electron chi connectivity index (χ4n) is 3.07. The van der Waals surface area contributed by atoms with Gasteiger partial charge in [0.15, 0.2) is 0 Å². The van der Waals surface area contributed by atoms with Crippen LogP contribution in [0.3, 0.4) is 0 Å². The quantitative estimate of drug-likeness (QED) is 0.681. The van der Waals surface area contributed by atoms with Crippen LogP contribution in [0.4, 0.5) is 11.4 Å². The molecule has 5 nitrogen and oxygen atoms in total. The normalized spacial score (nSPS) is 18.5. The van der Waals surface area contributed by atoms with E-state index in [1.54, 1.807) is 12.1 Å². The first-order chi connectivity index (χ1) is 9.84. The van der Waals surface area contributed by atoms with Crippen LogP contribution in [-0.4, -0.2) is 23.1 Å². The molecule has 0 amide bonds. The van der Waals surface area contributed by atoms with Gasteiger partial charge in [0.05, 0.1) is 11.5 Å². The van der Waals surface area contributed by atoms with Gasteiger partial charge in [0.25, 0.3) is 5.69 Å². The molecule has 0 radical (unpaired) electrons. The van der Waals surface area contributed by atoms with Crippen molar-refractivity contribution < 1.29 is 10.0 Å². The Morgan fingerprint density at radius 1 is 1.38 bits per heavy atom. The minimum absolute atomic E-state index is 0.101. The summed E-state index contributed by atoms with van der Waals surface area (Å²) in [7, 11) is 1.92. The van der Waals surface area contributed by atoms with Crippen LogP contribution in [0.25, 0.3) is 0 Å². The third-order valence-corrected chi connectivity index (χ3v) is 4.66. The van der Waals surface area contributed by atoms with Gasteiger partial charge < -0.3 is 10.0 Å². The summed E-state index contributed by atoms with van der Waals surface area (Å²) in [6, 6.07) is 5.16. The maximum atomic E-state index is 11.2. The summed E-state index contributed by atoms with van der Waals surface area (Å²) < 4.78 is 0. The molecule has 1 fully saturated rings. The summed E-state index contributed by atoms with van der Waals surface area (Å²) in [5.74, 6) is 0. The first-order valence-corrected chi connectivity index (χ1v) is 7.45. The van der Waals surface area contributed by atoms with Gasteiger partial charge in [0.1, 0.15) is 5.69 Å². The Morgan fingerprint density at radius 2 is 2.00 bits per heavy atom. The molecule has 2 rings (SSSR count). The highest BCUT2D eigenvalue weighted by Crippen LogP contribution is 2.39. The molecular weight excluding hydrogens is 268 g/mol. The van der Waals surface area contributed by atoms with Gasteiger partial charge in [-0.05, 0) is 48.8 Å². The molecule has 0 atom stereocenters. The van der Waals surface area contributed by atoms with Crippen molar-refractivity contribution in [2.75, 3.05) is 11.9 Å². The largest absolute Gasteiger partial charge is 0.392 e. The lowest BCUT2D eigenvalue weighted by atomic mass is 9.75. The number of nitrogens with zero attached hydrogens (tertiary/aromatic N) is 2. The first kappa shape index (κ1) is 15.8. The number of hydrogen-bond acceptors (Lipinski definition) is 4. The zero-order chi connectivity index (χ0) is 15.6. The topological polar surface area (TPSA) is 66.6 Å². The van der Waals surface area contributed by atoms with Gasteiger partial charge in [-0.2, -0.15) is 0 Å². The highest BCUT2D eigenvalue weighted by molar-refractivity contribution is 5.64. The first-order valence-electron chi connectivity index (χ1n) is 7.45. The minimum Gasteiger partial charge on any atom is -0.392 e. The third kappa shape index (κ3) is 3.53. The standard InChI is InChI=1S/C16H24N2O3/c1-16(2)8-6-13(7-9-16)17(3)15-10-12(11-19)4-5-14(15)18(20)21/h4-5,10,13,19H,6-9,11H2,1-3H3. The monoisotopic (exact) mass is 292 g/mol. The van der Waals surface area contributed by atoms with Crippen molar-refractivity contribution in [1.29, 1.82) is 0 Å². The Bertz CT molecular complexity index is 518. The summed E-state index contributed by atoms with van der Waals surface area (Å²) in [5.41, 5.74) is 1.80. The van der Waals surface area contributed by atoms with E-state index < -0.39 is 0 Å². The average Bonchev–Trinajstić information content (AvgIpc) is 2.45. The summed E-state index contributed by atoms with van der Waals surface area (Å²) in [6.45, 7) is 4.45. The molecule has 0 aliphatic heterocycles. The molecular formula is C16H24N2O3. The van der Waals surface area contributed by atoms with Crippen LogP contribution in [0, 0.1) is 15.5 Å². The van der Waals surface area contributed by atoms with Crippen molar-refractivity contribution >= 4 is 11.4 Å². The summed E-state index contributed by atoms with van der Waals surface area (Å²) in [6.07, 6.45) is 4.36. The predicted molar refractivity (Wildman–Crippen MR) is 83.5 cm³/mol. The van der Waals surface area contributed by atoms with Gasteiger partial charge in [0, 0.05) is 19.2 Å². The lowest BCUT2D eigenvalue weighted by Gasteiger charge is -2.39. The van der Waals surface area contributed by atoms with Crippen LogP contribution in [-0.2, 0) is 6.61 Å². The third-order valence-electron chi connectivity index (χ3n) is 4.66. The highest BCUT2D eigenvalue weighted by Gasteiger charge is 2.31. The molecule has 116 valence electrons. The summed E-state index contributed by atoms with van der Waals surface area (Å²) >= 11 is 0. The van der Waals surface area contributed by atoms with Crippen molar-refractivity contribution in [1.82, 2.24) is 0 Å². The van der Waals surface area contributed by atoms with Crippen LogP contribution in [0.2, 0.25) is 0 Å². The molecule has 1 aliphatic carbocycles. The molecule has 1 aliphatic rings. The Kier molecular flexibility index (Phi) is 4.52. The van der Waals surface area contributed by atoms with Crippen molar-refractivity contribution in [3.05, 3.63) is 33.9 Å². The minimum atomic E-state index is -0.347. The van der Waals surface area contributed by atoms with E-state index in [-0.39, 0.29) is 17.2 Å². The van der Waals surface area contributed by atoms with E-state index in [4.69, 9.17) is 0 Å². The van der Waals surface area contributed by atoms with Gasteiger partial charge in [-0.3, -0.25) is 10.1 Å². The molecule has 5 heteroatoms. The van der Waals surface area contributed by atoms with Crippen molar-refractivity contribution in [2.45, 2.75) is 52.2 Å². The van der Waals surface area contributed by atoms with E-state index in [2.05, 4.69) is 13.8 Å². The number of rotatable bonds is 4. The maximum Gasteiger partial charge on any atom is 0.292 e. The fraction of sp³-hybridized carbons (Fsp3) is 0.625. The molecule has 1 aromatic carbocycles. The molecule has 1 saturated carbocycles. The van der Waals surface area contributed by atoms with Crippen LogP contribution >= 0.6 is 0 Å². The van der Waals surface area contributed by atoms with Gasteiger partial charge in [-0.1, -0.05) is 13.8 Å². The molecule has 1 aromatic rings. The van der Waals surface area contributed by atoms with Crippen LogP contribution < -0.4 is 4.90 Å². The van der Waals surface area contributed by atoms with Gasteiger partial charge >= 0.3 is 0 Å². The van der Waals surface area contributed by atoms with E-state index in [1.807, 2.05) is 11.9 Å². The van der Waals surface area contributed by atoms with Crippen LogP contribution in [0.1, 0.15) is 45.1 Å². The Hall–Kier alpha value is -1.62. The van der Waals surface area contributed by atoms with Crippen LogP contribution in [0.5, 0.6) is 0 Å². The Morgan fingerprint density at radius 3 is 2.52 bits per heavy atom. The van der Waals surface area contributed by atoms with E-state index in [0.29, 0.717) is 22.7 Å². The lowest BCUT2D eigenvalue weighted by molar-refractivity contribution is -0.384. The van der Waals surface area contributed by atoms with Crippen molar-refractivity contribution in [2.24, 2.45) is 5.41 Å². The lowest BCUT2D eigenvalue weighted by Crippen LogP contribution is -2.37. The Labute approximate surface area is 125 Å². The molecule has 1 N–H and O–H groups in total. The number of anilines is 1. The molecule has 21 heavy (non-hydrogen) atoms. The molecule has 0 saturated heterocycles. The number of hydrogen-bond donors (Lipinski definition) is 1. The molecule has 0 heterocycles. The highest BCUT2D eigenvalue weighted by atomic mass is 16.6. The van der Waals surface area contributed by atoms with Crippen molar-refractivity contribution in [3.63, 3.8) is 0 Å². The van der Waals surface area contributed by atoms with Crippen molar-refractivity contribution in [3.8, 4) is 0 Å². The van der Waals surface area contributed by atoms with Gasteiger partial charge in [-0.15, -0.1) is 0 Å². The van der Waals surface area contributed by atoms with E-state index in [0.717, 1.165) is 25.7 Å². The second-order valence-corrected chi connectivity index (χ2v) is 6.74. The van der Waals surface area contributed by atoms with Crippen LogP contribution in [0.15, 0.2) is 18.2 Å². The Balaban J connectivity index is 2.25. The fourth-order valence-corrected chi connectivity index (χ4v) is 3.07. The van der Waals surface area contributed by atoms with E-state index >= 15 is 0 Å². The number of aliphatic hydroxyl groups is 1. The SMILES string of the molecule is CN(c1cc(CO)ccc1[N+](=O)[O-])C1CCC(C)(C)CC1.